The van der Waals surface area contributed by atoms with Crippen LogP contribution in [0, 0.1) is 0 Å². The van der Waals surface area contributed by atoms with Crippen LogP contribution in [-0.4, -0.2) is 0 Å². The summed E-state index contributed by atoms with van der Waals surface area (Å²) >= 11 is 0. The first-order valence-electron chi connectivity index (χ1n) is 22.6. The molecular formula is C65H45N. The van der Waals surface area contributed by atoms with E-state index in [4.69, 9.17) is 0 Å². The molecule has 310 valence electrons. The number of nitrogens with zero attached hydrogens (tertiary/aromatic N) is 1. The van der Waals surface area contributed by atoms with Crippen LogP contribution >= 0.6 is 0 Å². The summed E-state index contributed by atoms with van der Waals surface area (Å²) in [5.41, 5.74) is 23.3. The summed E-state index contributed by atoms with van der Waals surface area (Å²) < 4.78 is 0. The first kappa shape index (κ1) is 40.1. The Bertz CT molecular complexity index is 3340. The second kappa shape index (κ2) is 18.2. The van der Waals surface area contributed by atoms with E-state index in [-0.39, 0.29) is 0 Å². The van der Waals surface area contributed by atoms with Gasteiger partial charge in [-0.15, -0.1) is 0 Å². The molecule has 11 rings (SSSR count). The molecule has 0 aliphatic carbocycles. The van der Waals surface area contributed by atoms with Crippen LogP contribution in [0.1, 0.15) is 44.5 Å². The second-order valence-corrected chi connectivity index (χ2v) is 16.6. The molecule has 0 spiro atoms. The number of anilines is 2. The summed E-state index contributed by atoms with van der Waals surface area (Å²) in [6.07, 6.45) is 6.84. The van der Waals surface area contributed by atoms with E-state index in [1.54, 1.807) is 0 Å². The van der Waals surface area contributed by atoms with Crippen LogP contribution in [0.25, 0.3) is 68.1 Å². The van der Waals surface area contributed by atoms with Crippen LogP contribution in [0.2, 0.25) is 0 Å². The predicted octanol–water partition coefficient (Wildman–Crippen LogP) is 17.2. The number of hydrogen-bond donors (Lipinski definition) is 0. The molecule has 0 fully saturated rings. The summed E-state index contributed by atoms with van der Waals surface area (Å²) in [7, 11) is 0. The van der Waals surface area contributed by atoms with Crippen LogP contribution in [0.5, 0.6) is 0 Å². The molecule has 0 unspecified atom stereocenters. The monoisotopic (exact) mass is 839 g/mol. The highest BCUT2D eigenvalue weighted by Crippen LogP contribution is 2.52. The molecule has 0 N–H and O–H groups in total. The SMILES string of the molecule is C1=Cc2c(c(-c3ccc(C=C(c4ccccc4)c4ccccc4)cc3)c3ccccc3c2-c2ccc(C=C(c3ccccc3)c3ccccc3)cc2)N(c2ccccc2)C=1c1ccccc1. The van der Waals surface area contributed by atoms with E-state index in [2.05, 4.69) is 284 Å². The normalized spacial score (nSPS) is 11.7. The van der Waals surface area contributed by atoms with Gasteiger partial charge in [-0.1, -0.05) is 248 Å². The molecule has 0 saturated carbocycles. The summed E-state index contributed by atoms with van der Waals surface area (Å²) in [6.45, 7) is 0. The summed E-state index contributed by atoms with van der Waals surface area (Å²) in [5.74, 6) is 0. The Hall–Kier alpha value is -8.74. The Morgan fingerprint density at radius 2 is 0.697 bits per heavy atom. The van der Waals surface area contributed by atoms with Gasteiger partial charge in [-0.25, -0.2) is 0 Å². The smallest absolute Gasteiger partial charge is 0.0964 e. The first-order valence-corrected chi connectivity index (χ1v) is 22.6. The minimum atomic E-state index is 1.00. The summed E-state index contributed by atoms with van der Waals surface area (Å²) in [5, 5.41) is 2.38. The third-order valence-electron chi connectivity index (χ3n) is 12.4. The standard InChI is InChI=1S/C65H45N/c1-7-21-49(22-8-1)60(50-23-9-2-10-24-50)45-47-35-39-54(40-36-47)63-57-33-19-20-34-58(57)64(65-59(63)43-44-62(53-29-15-5-16-30-53)66(65)56-31-17-6-18-32-56)55-41-37-48(38-42-55)46-61(51-25-11-3-12-26-51)52-27-13-4-14-28-52/h1-43,45-46H. The van der Waals surface area contributed by atoms with Gasteiger partial charge in [0.15, 0.2) is 0 Å². The highest BCUT2D eigenvalue weighted by molar-refractivity contribution is 6.17. The molecule has 1 aliphatic heterocycles. The quantitative estimate of drug-likeness (QED) is 0.0979. The van der Waals surface area contributed by atoms with Gasteiger partial charge in [0, 0.05) is 22.4 Å². The molecule has 1 heterocycles. The van der Waals surface area contributed by atoms with E-state index in [0.29, 0.717) is 0 Å². The fourth-order valence-corrected chi connectivity index (χ4v) is 9.34. The lowest BCUT2D eigenvalue weighted by Gasteiger charge is -2.34. The van der Waals surface area contributed by atoms with Crippen molar-refractivity contribution < 1.29 is 0 Å². The van der Waals surface area contributed by atoms with Crippen LogP contribution in [0.4, 0.5) is 11.4 Å². The number of hydrogen-bond acceptors (Lipinski definition) is 1. The van der Waals surface area contributed by atoms with Gasteiger partial charge >= 0.3 is 0 Å². The van der Waals surface area contributed by atoms with Gasteiger partial charge in [0.2, 0.25) is 0 Å². The zero-order valence-electron chi connectivity index (χ0n) is 36.4. The van der Waals surface area contributed by atoms with Crippen molar-refractivity contribution in [2.24, 2.45) is 0 Å². The molecule has 1 aliphatic rings. The van der Waals surface area contributed by atoms with Gasteiger partial charge in [0.05, 0.1) is 11.4 Å². The summed E-state index contributed by atoms with van der Waals surface area (Å²) in [6, 6.07) is 91.2. The topological polar surface area (TPSA) is 3.24 Å². The predicted molar refractivity (Wildman–Crippen MR) is 281 cm³/mol. The molecule has 1 nitrogen and oxygen atoms in total. The van der Waals surface area contributed by atoms with Crippen molar-refractivity contribution in [1.82, 2.24) is 0 Å². The van der Waals surface area contributed by atoms with E-state index in [1.807, 2.05) is 0 Å². The van der Waals surface area contributed by atoms with Crippen molar-refractivity contribution in [3.05, 3.63) is 305 Å². The molecule has 0 radical (unpaired) electrons. The van der Waals surface area contributed by atoms with Gasteiger partial charge in [-0.2, -0.15) is 0 Å². The number of para-hydroxylation sites is 1. The van der Waals surface area contributed by atoms with E-state index in [1.165, 1.54) is 55.3 Å². The van der Waals surface area contributed by atoms with Crippen molar-refractivity contribution >= 4 is 57.2 Å². The molecule has 0 saturated heterocycles. The third-order valence-corrected chi connectivity index (χ3v) is 12.4. The van der Waals surface area contributed by atoms with Crippen molar-refractivity contribution in [3.8, 4) is 22.3 Å². The number of benzene rings is 10. The van der Waals surface area contributed by atoms with E-state index in [9.17, 15) is 0 Å². The molecule has 0 bridgehead atoms. The molecule has 66 heavy (non-hydrogen) atoms. The van der Waals surface area contributed by atoms with Gasteiger partial charge in [-0.05, 0) is 102 Å². The third kappa shape index (κ3) is 7.93. The lowest BCUT2D eigenvalue weighted by atomic mass is 9.83. The molecule has 10 aromatic rings. The molecule has 0 amide bonds. The van der Waals surface area contributed by atoms with Gasteiger partial charge in [0.1, 0.15) is 0 Å². The maximum Gasteiger partial charge on any atom is 0.0964 e. The maximum atomic E-state index is 3.83. The highest BCUT2D eigenvalue weighted by atomic mass is 15.2. The zero-order chi connectivity index (χ0) is 44.1. The molecule has 1 heteroatoms. The Morgan fingerprint density at radius 1 is 0.333 bits per heavy atom. The van der Waals surface area contributed by atoms with Gasteiger partial charge in [0.25, 0.3) is 0 Å². The lowest BCUT2D eigenvalue weighted by molar-refractivity contribution is 1.28. The molecule has 0 aromatic heterocycles. The van der Waals surface area contributed by atoms with Gasteiger partial charge < -0.3 is 4.90 Å². The van der Waals surface area contributed by atoms with Crippen LogP contribution in [-0.2, 0) is 0 Å². The number of rotatable bonds is 10. The average Bonchev–Trinajstić information content (AvgIpc) is 3.40. The van der Waals surface area contributed by atoms with Crippen LogP contribution in [0.3, 0.4) is 0 Å². The fraction of sp³-hybridized carbons (Fsp3) is 0. The fourth-order valence-electron chi connectivity index (χ4n) is 9.34. The average molecular weight is 840 g/mol. The Morgan fingerprint density at radius 3 is 1.14 bits per heavy atom. The Kier molecular flexibility index (Phi) is 11.0. The maximum absolute atomic E-state index is 3.83. The van der Waals surface area contributed by atoms with Crippen molar-refractivity contribution in [1.29, 1.82) is 0 Å². The zero-order valence-corrected chi connectivity index (χ0v) is 36.4. The van der Waals surface area contributed by atoms with Gasteiger partial charge in [-0.3, -0.25) is 0 Å². The molecule has 0 atom stereocenters. The van der Waals surface area contributed by atoms with E-state index in [0.717, 1.165) is 50.5 Å². The largest absolute Gasteiger partial charge is 0.302 e. The Balaban J connectivity index is 1.12. The molecule has 10 aromatic carbocycles. The first-order chi connectivity index (χ1) is 32.8. The van der Waals surface area contributed by atoms with E-state index >= 15 is 0 Å². The second-order valence-electron chi connectivity index (χ2n) is 16.6. The lowest BCUT2D eigenvalue weighted by Crippen LogP contribution is -2.19. The van der Waals surface area contributed by atoms with Crippen molar-refractivity contribution in [2.45, 2.75) is 0 Å². The van der Waals surface area contributed by atoms with Crippen molar-refractivity contribution in [3.63, 3.8) is 0 Å². The summed E-state index contributed by atoms with van der Waals surface area (Å²) in [4.78, 5) is 2.43. The Labute approximate surface area is 387 Å². The number of fused-ring (bicyclic) bond motifs is 2. The van der Waals surface area contributed by atoms with E-state index < -0.39 is 0 Å². The molecular weight excluding hydrogens is 795 g/mol. The van der Waals surface area contributed by atoms with Crippen molar-refractivity contribution in [2.75, 3.05) is 4.90 Å². The highest BCUT2D eigenvalue weighted by Gasteiger charge is 2.30. The minimum Gasteiger partial charge on any atom is -0.302 e. The van der Waals surface area contributed by atoms with Crippen LogP contribution in [0.15, 0.2) is 261 Å². The van der Waals surface area contributed by atoms with Crippen LogP contribution < -0.4 is 4.90 Å². The minimum absolute atomic E-state index is 1.00.